The van der Waals surface area contributed by atoms with Crippen LogP contribution in [0.4, 0.5) is 4.79 Å². The first-order valence-electron chi connectivity index (χ1n) is 7.03. The molecule has 1 rings (SSSR count). The van der Waals surface area contributed by atoms with Crippen LogP contribution in [0.2, 0.25) is 0 Å². The number of rotatable bonds is 6. The maximum atomic E-state index is 11.7. The first-order chi connectivity index (χ1) is 10.2. The SMILES string of the molecule is COC(=O)c1coc(CNCCN(C)C(=O)OC(C)(C)C)c1. The first-order valence-corrected chi connectivity index (χ1v) is 7.03. The van der Waals surface area contributed by atoms with Crippen molar-refractivity contribution in [3.63, 3.8) is 0 Å². The van der Waals surface area contributed by atoms with E-state index in [1.807, 2.05) is 20.8 Å². The van der Waals surface area contributed by atoms with E-state index in [0.717, 1.165) is 0 Å². The van der Waals surface area contributed by atoms with Crippen molar-refractivity contribution in [3.05, 3.63) is 23.7 Å². The van der Waals surface area contributed by atoms with E-state index in [1.165, 1.54) is 18.3 Å². The molecule has 0 aliphatic rings. The predicted molar refractivity (Wildman–Crippen MR) is 80.6 cm³/mol. The molecule has 1 N–H and O–H groups in total. The van der Waals surface area contributed by atoms with Crippen molar-refractivity contribution < 1.29 is 23.5 Å². The Labute approximate surface area is 130 Å². The van der Waals surface area contributed by atoms with E-state index < -0.39 is 11.6 Å². The van der Waals surface area contributed by atoms with Gasteiger partial charge in [-0.1, -0.05) is 0 Å². The Kier molecular flexibility index (Phi) is 6.42. The van der Waals surface area contributed by atoms with Gasteiger partial charge in [-0.05, 0) is 26.8 Å². The van der Waals surface area contributed by atoms with E-state index in [-0.39, 0.29) is 6.09 Å². The molecule has 0 aliphatic heterocycles. The lowest BCUT2D eigenvalue weighted by atomic mass is 10.2. The number of hydrogen-bond donors (Lipinski definition) is 1. The molecule has 0 aromatic carbocycles. The number of hydrogen-bond acceptors (Lipinski definition) is 6. The normalized spacial score (nSPS) is 11.1. The molecule has 0 radical (unpaired) electrons. The highest BCUT2D eigenvalue weighted by Gasteiger charge is 2.19. The molecule has 0 aliphatic carbocycles. The topological polar surface area (TPSA) is 81.0 Å². The van der Waals surface area contributed by atoms with Crippen molar-refractivity contribution in [3.8, 4) is 0 Å². The summed E-state index contributed by atoms with van der Waals surface area (Å²) in [6.45, 7) is 7.01. The average Bonchev–Trinajstić information content (AvgIpc) is 2.89. The fourth-order valence-corrected chi connectivity index (χ4v) is 1.59. The summed E-state index contributed by atoms with van der Waals surface area (Å²) >= 11 is 0. The Balaban J connectivity index is 2.29. The van der Waals surface area contributed by atoms with Crippen LogP contribution in [0.25, 0.3) is 0 Å². The summed E-state index contributed by atoms with van der Waals surface area (Å²) in [4.78, 5) is 24.5. The highest BCUT2D eigenvalue weighted by molar-refractivity contribution is 5.88. The second kappa shape index (κ2) is 7.84. The van der Waals surface area contributed by atoms with Crippen molar-refractivity contribution in [2.75, 3.05) is 27.2 Å². The van der Waals surface area contributed by atoms with Crippen LogP contribution in [-0.4, -0.2) is 49.8 Å². The maximum Gasteiger partial charge on any atom is 0.410 e. The van der Waals surface area contributed by atoms with Gasteiger partial charge in [-0.2, -0.15) is 0 Å². The molecule has 124 valence electrons. The average molecular weight is 312 g/mol. The number of nitrogens with zero attached hydrogens (tertiary/aromatic N) is 1. The highest BCUT2D eigenvalue weighted by Crippen LogP contribution is 2.09. The van der Waals surface area contributed by atoms with E-state index in [1.54, 1.807) is 13.1 Å². The third-order valence-electron chi connectivity index (χ3n) is 2.70. The molecule has 7 heteroatoms. The lowest BCUT2D eigenvalue weighted by Crippen LogP contribution is -2.37. The van der Waals surface area contributed by atoms with Crippen LogP contribution in [0.5, 0.6) is 0 Å². The number of ether oxygens (including phenoxy) is 2. The van der Waals surface area contributed by atoms with Crippen LogP contribution < -0.4 is 5.32 Å². The monoisotopic (exact) mass is 312 g/mol. The van der Waals surface area contributed by atoms with Crippen molar-refractivity contribution in [1.82, 2.24) is 10.2 Å². The van der Waals surface area contributed by atoms with Crippen LogP contribution in [0.3, 0.4) is 0 Å². The van der Waals surface area contributed by atoms with Crippen molar-refractivity contribution >= 4 is 12.1 Å². The Morgan fingerprint density at radius 2 is 2.05 bits per heavy atom. The van der Waals surface area contributed by atoms with Crippen LogP contribution in [0.1, 0.15) is 36.9 Å². The lowest BCUT2D eigenvalue weighted by Gasteiger charge is -2.24. The van der Waals surface area contributed by atoms with Gasteiger partial charge in [0.05, 0.1) is 19.2 Å². The van der Waals surface area contributed by atoms with Crippen LogP contribution in [0.15, 0.2) is 16.7 Å². The molecule has 0 unspecified atom stereocenters. The number of esters is 1. The van der Waals surface area contributed by atoms with Gasteiger partial charge < -0.3 is 24.1 Å². The molecule has 1 aromatic heterocycles. The zero-order valence-corrected chi connectivity index (χ0v) is 13.8. The van der Waals surface area contributed by atoms with E-state index in [2.05, 4.69) is 10.1 Å². The van der Waals surface area contributed by atoms with Gasteiger partial charge in [0.25, 0.3) is 0 Å². The molecule has 22 heavy (non-hydrogen) atoms. The minimum atomic E-state index is -0.503. The maximum absolute atomic E-state index is 11.7. The number of amides is 1. The fourth-order valence-electron chi connectivity index (χ4n) is 1.59. The molecule has 0 fully saturated rings. The lowest BCUT2D eigenvalue weighted by molar-refractivity contribution is 0.0300. The Hall–Kier alpha value is -2.02. The number of nitrogens with one attached hydrogen (secondary N) is 1. The number of carbonyl (C=O) groups is 2. The predicted octanol–water partition coefficient (Wildman–Crippen LogP) is 2.02. The molecule has 0 spiro atoms. The standard InChI is InChI=1S/C15H24N2O5/c1-15(2,3)22-14(19)17(4)7-6-16-9-12-8-11(10-21-12)13(18)20-5/h8,10,16H,6-7,9H2,1-5H3. The second-order valence-corrected chi connectivity index (χ2v) is 5.87. The van der Waals surface area contributed by atoms with Gasteiger partial charge >= 0.3 is 12.1 Å². The number of likely N-dealkylation sites (N-methyl/N-ethyl adjacent to an activating group) is 1. The summed E-state index contributed by atoms with van der Waals surface area (Å²) in [5.74, 6) is 0.194. The first kappa shape index (κ1) is 18.0. The summed E-state index contributed by atoms with van der Waals surface area (Å²) in [5.41, 5.74) is -0.123. The summed E-state index contributed by atoms with van der Waals surface area (Å²) in [5, 5.41) is 3.13. The molecular formula is C15H24N2O5. The molecule has 0 saturated carbocycles. The zero-order valence-electron chi connectivity index (χ0n) is 13.8. The van der Waals surface area contributed by atoms with Crippen LogP contribution >= 0.6 is 0 Å². The molecule has 1 amide bonds. The van der Waals surface area contributed by atoms with Crippen molar-refractivity contribution in [2.45, 2.75) is 32.9 Å². The summed E-state index contributed by atoms with van der Waals surface area (Å²) < 4.78 is 15.1. The van der Waals surface area contributed by atoms with Crippen molar-refractivity contribution in [2.24, 2.45) is 0 Å². The molecule has 1 heterocycles. The van der Waals surface area contributed by atoms with Crippen molar-refractivity contribution in [1.29, 1.82) is 0 Å². The van der Waals surface area contributed by atoms with Gasteiger partial charge in [0.2, 0.25) is 0 Å². The molecule has 1 aromatic rings. The molecule has 0 atom stereocenters. The number of carbonyl (C=O) groups excluding carboxylic acids is 2. The summed E-state index contributed by atoms with van der Waals surface area (Å²) in [7, 11) is 3.00. The number of furan rings is 1. The van der Waals surface area contributed by atoms with E-state index in [4.69, 9.17) is 9.15 Å². The Morgan fingerprint density at radius 3 is 2.64 bits per heavy atom. The number of methoxy groups -OCH3 is 1. The van der Waals surface area contributed by atoms with Gasteiger partial charge in [-0.15, -0.1) is 0 Å². The minimum absolute atomic E-state index is 0.361. The molecule has 0 saturated heterocycles. The fraction of sp³-hybridized carbons (Fsp3) is 0.600. The van der Waals surface area contributed by atoms with Gasteiger partial charge in [-0.25, -0.2) is 9.59 Å². The molecule has 0 bridgehead atoms. The van der Waals surface area contributed by atoms with Crippen LogP contribution in [-0.2, 0) is 16.0 Å². The summed E-state index contributed by atoms with van der Waals surface area (Å²) in [6, 6.07) is 1.62. The minimum Gasteiger partial charge on any atom is -0.467 e. The quantitative estimate of drug-likeness (QED) is 0.639. The van der Waals surface area contributed by atoms with Crippen LogP contribution in [0, 0.1) is 0 Å². The largest absolute Gasteiger partial charge is 0.467 e. The Bertz CT molecular complexity index is 504. The Morgan fingerprint density at radius 1 is 1.36 bits per heavy atom. The highest BCUT2D eigenvalue weighted by atomic mass is 16.6. The second-order valence-electron chi connectivity index (χ2n) is 5.87. The molecule has 7 nitrogen and oxygen atoms in total. The van der Waals surface area contributed by atoms with E-state index in [0.29, 0.717) is 31.0 Å². The molecular weight excluding hydrogens is 288 g/mol. The van der Waals surface area contributed by atoms with Gasteiger partial charge in [0.1, 0.15) is 17.6 Å². The van der Waals surface area contributed by atoms with Gasteiger partial charge in [0.15, 0.2) is 0 Å². The summed E-state index contributed by atoms with van der Waals surface area (Å²) in [6.07, 6.45) is 0.996. The van der Waals surface area contributed by atoms with Gasteiger partial charge in [-0.3, -0.25) is 0 Å². The zero-order chi connectivity index (χ0) is 16.8. The van der Waals surface area contributed by atoms with E-state index >= 15 is 0 Å². The van der Waals surface area contributed by atoms with Gasteiger partial charge in [0, 0.05) is 20.1 Å². The third kappa shape index (κ3) is 6.17. The van der Waals surface area contributed by atoms with E-state index in [9.17, 15) is 9.59 Å². The third-order valence-corrected chi connectivity index (χ3v) is 2.70. The smallest absolute Gasteiger partial charge is 0.410 e.